The fourth-order valence-corrected chi connectivity index (χ4v) is 3.49. The highest BCUT2D eigenvalue weighted by atomic mass is 32.2. The highest BCUT2D eigenvalue weighted by Crippen LogP contribution is 2.33. The molecule has 0 spiro atoms. The molecular weight excluding hydrogens is 318 g/mol. The molecule has 1 aromatic rings. The second-order valence-corrected chi connectivity index (χ2v) is 7.36. The fraction of sp³-hybridized carbons (Fsp3) is 0.467. The maximum atomic E-state index is 11.5. The number of nitro groups is 1. The third-order valence-corrected chi connectivity index (χ3v) is 5.05. The first-order valence-corrected chi connectivity index (χ1v) is 9.09. The summed E-state index contributed by atoms with van der Waals surface area (Å²) in [5.74, 6) is 0.471. The van der Waals surface area contributed by atoms with E-state index in [1.807, 2.05) is 0 Å². The average Bonchev–Trinajstić information content (AvgIpc) is 2.52. The molecule has 0 atom stereocenters. The Labute approximate surface area is 135 Å². The van der Waals surface area contributed by atoms with Crippen molar-refractivity contribution in [3.05, 3.63) is 34.4 Å². The Bertz CT molecular complexity index is 710. The number of benzene rings is 1. The van der Waals surface area contributed by atoms with Gasteiger partial charge in [-0.05, 0) is 24.8 Å². The molecule has 1 aliphatic carbocycles. The van der Waals surface area contributed by atoms with E-state index in [2.05, 4.69) is 11.9 Å². The van der Waals surface area contributed by atoms with Gasteiger partial charge in [0.15, 0.2) is 0 Å². The summed E-state index contributed by atoms with van der Waals surface area (Å²) in [5, 5.41) is 19.5. The van der Waals surface area contributed by atoms with Gasteiger partial charge in [0, 0.05) is 18.2 Å². The quantitative estimate of drug-likeness (QED) is 0.611. The van der Waals surface area contributed by atoms with Crippen molar-refractivity contribution in [2.75, 3.05) is 11.9 Å². The van der Waals surface area contributed by atoms with Crippen molar-refractivity contribution in [3.63, 3.8) is 0 Å². The van der Waals surface area contributed by atoms with Gasteiger partial charge in [-0.3, -0.25) is 10.1 Å². The van der Waals surface area contributed by atoms with Crippen LogP contribution in [0.3, 0.4) is 0 Å². The molecule has 1 aliphatic rings. The van der Waals surface area contributed by atoms with E-state index >= 15 is 0 Å². The molecule has 0 radical (unpaired) electrons. The van der Waals surface area contributed by atoms with Crippen LogP contribution in [0, 0.1) is 16.0 Å². The lowest BCUT2D eigenvalue weighted by atomic mass is 9.89. The first-order chi connectivity index (χ1) is 10.8. The summed E-state index contributed by atoms with van der Waals surface area (Å²) in [6.45, 7) is 4.23. The Morgan fingerprint density at radius 3 is 2.52 bits per heavy atom. The second kappa shape index (κ2) is 7.10. The van der Waals surface area contributed by atoms with Gasteiger partial charge in [0.2, 0.25) is 10.0 Å². The van der Waals surface area contributed by atoms with Crippen LogP contribution >= 0.6 is 0 Å². The number of sulfonamides is 1. The lowest BCUT2D eigenvalue weighted by Gasteiger charge is -2.22. The molecule has 0 aromatic heterocycles. The first kappa shape index (κ1) is 17.4. The van der Waals surface area contributed by atoms with Crippen molar-refractivity contribution < 1.29 is 13.3 Å². The van der Waals surface area contributed by atoms with Crippen LogP contribution in [0.4, 0.5) is 11.4 Å². The molecule has 0 heterocycles. The van der Waals surface area contributed by atoms with Gasteiger partial charge in [0.05, 0.1) is 9.82 Å². The second-order valence-electron chi connectivity index (χ2n) is 5.80. The van der Waals surface area contributed by atoms with Crippen LogP contribution in [0.1, 0.15) is 37.7 Å². The van der Waals surface area contributed by atoms with Gasteiger partial charge in [0.25, 0.3) is 5.69 Å². The number of hydrogen-bond donors (Lipinski definition) is 2. The minimum atomic E-state index is -4.02. The topological polar surface area (TPSA) is 115 Å². The molecule has 1 saturated carbocycles. The van der Waals surface area contributed by atoms with E-state index in [4.69, 9.17) is 5.14 Å². The molecule has 3 N–H and O–H groups in total. The molecule has 1 fully saturated rings. The van der Waals surface area contributed by atoms with Crippen molar-refractivity contribution in [2.45, 2.75) is 37.0 Å². The Morgan fingerprint density at radius 2 is 2.00 bits per heavy atom. The third kappa shape index (κ3) is 4.29. The summed E-state index contributed by atoms with van der Waals surface area (Å²) in [5.41, 5.74) is 0.351. The lowest BCUT2D eigenvalue weighted by molar-refractivity contribution is -0.384. The Kier molecular flexibility index (Phi) is 5.38. The summed E-state index contributed by atoms with van der Waals surface area (Å²) in [6, 6.07) is 2.30. The number of rotatable bonds is 6. The summed E-state index contributed by atoms with van der Waals surface area (Å²) in [7, 11) is -4.02. The molecular formula is C15H21N3O4S. The van der Waals surface area contributed by atoms with Gasteiger partial charge in [-0.15, -0.1) is 0 Å². The standard InChI is InChI=1S/C15H21N3O4S/c1-2-12-8-13(23(16,21)22)9-14(18(19)20)15(12)17-10-11-6-4-3-5-7-11/h2,8-9,11,17H,1,3-7,10H2,(H2,16,21,22). The molecule has 0 unspecified atom stereocenters. The summed E-state index contributed by atoms with van der Waals surface area (Å²) < 4.78 is 23.0. The molecule has 23 heavy (non-hydrogen) atoms. The number of nitrogens with one attached hydrogen (secondary N) is 1. The van der Waals surface area contributed by atoms with Gasteiger partial charge in [-0.2, -0.15) is 0 Å². The summed E-state index contributed by atoms with van der Waals surface area (Å²) >= 11 is 0. The maximum absolute atomic E-state index is 11.5. The minimum Gasteiger partial charge on any atom is -0.379 e. The molecule has 0 bridgehead atoms. The van der Waals surface area contributed by atoms with E-state index in [9.17, 15) is 18.5 Å². The maximum Gasteiger partial charge on any atom is 0.294 e. The van der Waals surface area contributed by atoms with E-state index in [0.717, 1.165) is 18.9 Å². The van der Waals surface area contributed by atoms with Crippen LogP contribution in [0.25, 0.3) is 6.08 Å². The van der Waals surface area contributed by atoms with Crippen molar-refractivity contribution in [1.29, 1.82) is 0 Å². The lowest BCUT2D eigenvalue weighted by Crippen LogP contribution is -2.19. The highest BCUT2D eigenvalue weighted by Gasteiger charge is 2.23. The largest absolute Gasteiger partial charge is 0.379 e. The molecule has 0 saturated heterocycles. The van der Waals surface area contributed by atoms with E-state index in [1.54, 1.807) is 0 Å². The molecule has 0 aliphatic heterocycles. The first-order valence-electron chi connectivity index (χ1n) is 7.54. The molecule has 2 rings (SSSR count). The van der Waals surface area contributed by atoms with Crippen molar-refractivity contribution >= 4 is 27.5 Å². The number of nitrogens with two attached hydrogens (primary N) is 1. The van der Waals surface area contributed by atoms with Gasteiger partial charge in [0.1, 0.15) is 5.69 Å². The van der Waals surface area contributed by atoms with E-state index in [0.29, 0.717) is 23.7 Å². The van der Waals surface area contributed by atoms with Gasteiger partial charge >= 0.3 is 0 Å². The molecule has 1 aromatic carbocycles. The SMILES string of the molecule is C=Cc1cc(S(N)(=O)=O)cc([N+](=O)[O-])c1NCC1CCCCC1. The van der Waals surface area contributed by atoms with Crippen LogP contribution in [0.15, 0.2) is 23.6 Å². The van der Waals surface area contributed by atoms with E-state index in [-0.39, 0.29) is 10.6 Å². The minimum absolute atomic E-state index is 0.290. The van der Waals surface area contributed by atoms with Gasteiger partial charge in [-0.1, -0.05) is 31.9 Å². The smallest absolute Gasteiger partial charge is 0.294 e. The van der Waals surface area contributed by atoms with Crippen LogP contribution in [-0.4, -0.2) is 19.9 Å². The average molecular weight is 339 g/mol. The van der Waals surface area contributed by atoms with Crippen molar-refractivity contribution in [2.24, 2.45) is 11.1 Å². The van der Waals surface area contributed by atoms with Crippen LogP contribution in [0.5, 0.6) is 0 Å². The van der Waals surface area contributed by atoms with E-state index in [1.165, 1.54) is 31.4 Å². The van der Waals surface area contributed by atoms with Crippen molar-refractivity contribution in [1.82, 2.24) is 0 Å². The van der Waals surface area contributed by atoms with Crippen molar-refractivity contribution in [3.8, 4) is 0 Å². The number of nitro benzene ring substituents is 1. The monoisotopic (exact) mass is 339 g/mol. The zero-order chi connectivity index (χ0) is 17.0. The third-order valence-electron chi connectivity index (χ3n) is 4.16. The predicted molar refractivity (Wildman–Crippen MR) is 89.6 cm³/mol. The Morgan fingerprint density at radius 1 is 1.35 bits per heavy atom. The zero-order valence-electron chi connectivity index (χ0n) is 12.8. The molecule has 126 valence electrons. The fourth-order valence-electron chi connectivity index (χ4n) is 2.92. The Hall–Kier alpha value is -1.93. The predicted octanol–water partition coefficient (Wildman–Crippen LogP) is 2.88. The number of anilines is 1. The van der Waals surface area contributed by atoms with Gasteiger partial charge in [-0.25, -0.2) is 13.6 Å². The molecule has 0 amide bonds. The summed E-state index contributed by atoms with van der Waals surface area (Å²) in [4.78, 5) is 10.4. The number of hydrogen-bond acceptors (Lipinski definition) is 5. The number of primary sulfonamides is 1. The summed E-state index contributed by atoms with van der Waals surface area (Å²) in [6.07, 6.45) is 7.17. The molecule has 8 heteroatoms. The Balaban J connectivity index is 2.36. The highest BCUT2D eigenvalue weighted by molar-refractivity contribution is 7.89. The molecule has 7 nitrogen and oxygen atoms in total. The van der Waals surface area contributed by atoms with Crippen LogP contribution in [0.2, 0.25) is 0 Å². The van der Waals surface area contributed by atoms with Gasteiger partial charge < -0.3 is 5.32 Å². The van der Waals surface area contributed by atoms with Crippen LogP contribution in [-0.2, 0) is 10.0 Å². The zero-order valence-corrected chi connectivity index (χ0v) is 13.6. The van der Waals surface area contributed by atoms with Crippen LogP contribution < -0.4 is 10.5 Å². The number of nitrogens with zero attached hydrogens (tertiary/aromatic N) is 1. The normalized spacial score (nSPS) is 16.0. The van der Waals surface area contributed by atoms with E-state index < -0.39 is 14.9 Å².